The molecule has 1 aromatic heterocycles. The summed E-state index contributed by atoms with van der Waals surface area (Å²) >= 11 is 1.68. The smallest absolute Gasteiger partial charge is 0.222 e. The van der Waals surface area contributed by atoms with Gasteiger partial charge in [-0.25, -0.2) is 4.98 Å². The summed E-state index contributed by atoms with van der Waals surface area (Å²) in [4.78, 5) is 19.0. The van der Waals surface area contributed by atoms with Crippen LogP contribution in [0.15, 0.2) is 24.3 Å². The van der Waals surface area contributed by atoms with E-state index in [-0.39, 0.29) is 17.4 Å². The van der Waals surface area contributed by atoms with Crippen LogP contribution < -0.4 is 0 Å². The standard InChI is InChI=1S/C18H22N2O2S/c21-15-7-8-18(15)9-11-20(12-10-18)17(22)6-5-16-19-13-3-1-2-4-14(13)23-16/h1-4,15,21H,5-12H2. The number of hydrogen-bond donors (Lipinski definition) is 1. The fourth-order valence-corrected chi connectivity index (χ4v) is 4.83. The van der Waals surface area contributed by atoms with Crippen LogP contribution in [0.25, 0.3) is 10.2 Å². The van der Waals surface area contributed by atoms with Crippen molar-refractivity contribution in [1.29, 1.82) is 0 Å². The van der Waals surface area contributed by atoms with Gasteiger partial charge in [0.2, 0.25) is 5.91 Å². The zero-order chi connectivity index (χ0) is 15.9. The maximum atomic E-state index is 12.4. The van der Waals surface area contributed by atoms with Crippen molar-refractivity contribution in [3.63, 3.8) is 0 Å². The summed E-state index contributed by atoms with van der Waals surface area (Å²) in [6.45, 7) is 1.60. The number of fused-ring (bicyclic) bond motifs is 1. The van der Waals surface area contributed by atoms with Gasteiger partial charge in [0.15, 0.2) is 0 Å². The Morgan fingerprint density at radius 3 is 2.74 bits per heavy atom. The number of carbonyl (C=O) groups is 1. The van der Waals surface area contributed by atoms with Gasteiger partial charge in [-0.05, 0) is 43.2 Å². The lowest BCUT2D eigenvalue weighted by Crippen LogP contribution is -2.53. The van der Waals surface area contributed by atoms with Crippen molar-refractivity contribution in [1.82, 2.24) is 9.88 Å². The third-order valence-electron chi connectivity index (χ3n) is 5.63. The lowest BCUT2D eigenvalue weighted by molar-refractivity contribution is -0.141. The van der Waals surface area contributed by atoms with Crippen LogP contribution in [0.3, 0.4) is 0 Å². The molecule has 1 atom stereocenters. The molecule has 1 aliphatic heterocycles. The first-order valence-corrected chi connectivity index (χ1v) is 9.28. The van der Waals surface area contributed by atoms with Gasteiger partial charge < -0.3 is 10.0 Å². The lowest BCUT2D eigenvalue weighted by Gasteiger charge is -2.51. The van der Waals surface area contributed by atoms with Gasteiger partial charge >= 0.3 is 0 Å². The molecule has 0 radical (unpaired) electrons. The van der Waals surface area contributed by atoms with E-state index in [2.05, 4.69) is 11.1 Å². The van der Waals surface area contributed by atoms with E-state index in [1.54, 1.807) is 11.3 Å². The summed E-state index contributed by atoms with van der Waals surface area (Å²) in [5.41, 5.74) is 1.16. The van der Waals surface area contributed by atoms with Gasteiger partial charge in [0.05, 0.1) is 21.3 Å². The molecule has 1 N–H and O–H groups in total. The maximum Gasteiger partial charge on any atom is 0.222 e. The van der Waals surface area contributed by atoms with Gasteiger partial charge in [0.1, 0.15) is 0 Å². The highest BCUT2D eigenvalue weighted by Gasteiger charge is 2.47. The molecule has 2 aliphatic rings. The third kappa shape index (κ3) is 2.76. The molecule has 4 nitrogen and oxygen atoms in total. The predicted molar refractivity (Wildman–Crippen MR) is 91.4 cm³/mol. The van der Waals surface area contributed by atoms with Gasteiger partial charge in [-0.15, -0.1) is 11.3 Å². The van der Waals surface area contributed by atoms with Crippen LogP contribution in [0.4, 0.5) is 0 Å². The van der Waals surface area contributed by atoms with Gasteiger partial charge in [-0.3, -0.25) is 4.79 Å². The van der Waals surface area contributed by atoms with E-state index in [1.807, 2.05) is 23.1 Å². The molecule has 2 aromatic rings. The maximum absolute atomic E-state index is 12.4. The molecular weight excluding hydrogens is 308 g/mol. The number of nitrogens with zero attached hydrogens (tertiary/aromatic N) is 2. The fraction of sp³-hybridized carbons (Fsp3) is 0.556. The summed E-state index contributed by atoms with van der Waals surface area (Å²) in [5, 5.41) is 11.0. The SMILES string of the molecule is O=C(CCc1nc2ccccc2s1)N1CCC2(CCC2O)CC1. The second-order valence-corrected chi connectivity index (χ2v) is 7.99. The number of amides is 1. The highest BCUT2D eigenvalue weighted by atomic mass is 32.1. The quantitative estimate of drug-likeness (QED) is 0.941. The fourth-order valence-electron chi connectivity index (χ4n) is 3.87. The van der Waals surface area contributed by atoms with Gasteiger partial charge in [0, 0.05) is 25.9 Å². The number of aromatic nitrogens is 1. The van der Waals surface area contributed by atoms with Gasteiger partial charge in [0.25, 0.3) is 0 Å². The van der Waals surface area contributed by atoms with Crippen LogP contribution in [-0.2, 0) is 11.2 Å². The molecule has 2 fully saturated rings. The Bertz CT molecular complexity index is 686. The van der Waals surface area contributed by atoms with Crippen molar-refractivity contribution < 1.29 is 9.90 Å². The Balaban J connectivity index is 1.32. The first-order valence-electron chi connectivity index (χ1n) is 8.47. The van der Waals surface area contributed by atoms with Crippen molar-refractivity contribution in [2.24, 2.45) is 5.41 Å². The third-order valence-corrected chi connectivity index (χ3v) is 6.72. The summed E-state index contributed by atoms with van der Waals surface area (Å²) < 4.78 is 1.19. The van der Waals surface area contributed by atoms with Crippen molar-refractivity contribution >= 4 is 27.5 Å². The first kappa shape index (κ1) is 15.1. The molecule has 1 aliphatic carbocycles. The van der Waals surface area contributed by atoms with Crippen LogP contribution in [-0.4, -0.2) is 40.1 Å². The molecule has 1 aromatic carbocycles. The van der Waals surface area contributed by atoms with Crippen molar-refractivity contribution in [2.75, 3.05) is 13.1 Å². The number of aryl methyl sites for hydroxylation is 1. The van der Waals surface area contributed by atoms with E-state index in [9.17, 15) is 9.90 Å². The molecule has 4 rings (SSSR count). The number of aliphatic hydroxyl groups excluding tert-OH is 1. The monoisotopic (exact) mass is 330 g/mol. The predicted octanol–water partition coefficient (Wildman–Crippen LogP) is 2.99. The van der Waals surface area contributed by atoms with Crippen LogP contribution in [0.5, 0.6) is 0 Å². The molecule has 1 saturated carbocycles. The normalized spacial score (nSPS) is 23.2. The molecular formula is C18H22N2O2S. The minimum absolute atomic E-state index is 0.129. The van der Waals surface area contributed by atoms with E-state index in [1.165, 1.54) is 4.70 Å². The molecule has 0 bridgehead atoms. The first-order chi connectivity index (χ1) is 11.2. The second kappa shape index (κ2) is 5.87. The molecule has 23 heavy (non-hydrogen) atoms. The number of likely N-dealkylation sites (tertiary alicyclic amines) is 1. The van der Waals surface area contributed by atoms with Gasteiger partial charge in [-0.1, -0.05) is 12.1 Å². The Hall–Kier alpha value is -1.46. The van der Waals surface area contributed by atoms with E-state index in [0.29, 0.717) is 6.42 Å². The average Bonchev–Trinajstić information content (AvgIpc) is 3.01. The van der Waals surface area contributed by atoms with Crippen molar-refractivity contribution in [3.8, 4) is 0 Å². The summed E-state index contributed by atoms with van der Waals surface area (Å²) in [7, 11) is 0. The Morgan fingerprint density at radius 1 is 1.30 bits per heavy atom. The summed E-state index contributed by atoms with van der Waals surface area (Å²) in [6, 6.07) is 8.11. The largest absolute Gasteiger partial charge is 0.393 e. The summed E-state index contributed by atoms with van der Waals surface area (Å²) in [5.74, 6) is 0.230. The number of carbonyl (C=O) groups excluding carboxylic acids is 1. The molecule has 1 saturated heterocycles. The average molecular weight is 330 g/mol. The van der Waals surface area contributed by atoms with E-state index in [4.69, 9.17) is 0 Å². The highest BCUT2D eigenvalue weighted by Crippen LogP contribution is 2.49. The number of aliphatic hydroxyl groups is 1. The molecule has 122 valence electrons. The minimum atomic E-state index is -0.137. The van der Waals surface area contributed by atoms with E-state index < -0.39 is 0 Å². The Morgan fingerprint density at radius 2 is 2.09 bits per heavy atom. The van der Waals surface area contributed by atoms with Crippen LogP contribution in [0, 0.1) is 5.41 Å². The molecule has 1 spiro atoms. The Kier molecular flexibility index (Phi) is 3.85. The Labute approximate surface area is 140 Å². The molecule has 1 amide bonds. The van der Waals surface area contributed by atoms with E-state index in [0.717, 1.165) is 55.7 Å². The number of rotatable bonds is 3. The number of benzene rings is 1. The van der Waals surface area contributed by atoms with Crippen LogP contribution in [0.2, 0.25) is 0 Å². The minimum Gasteiger partial charge on any atom is -0.393 e. The molecule has 5 heteroatoms. The van der Waals surface area contributed by atoms with Crippen molar-refractivity contribution in [3.05, 3.63) is 29.3 Å². The summed E-state index contributed by atoms with van der Waals surface area (Å²) in [6.07, 6.45) is 5.11. The number of thiazole rings is 1. The topological polar surface area (TPSA) is 53.4 Å². The van der Waals surface area contributed by atoms with Gasteiger partial charge in [-0.2, -0.15) is 0 Å². The zero-order valence-electron chi connectivity index (χ0n) is 13.2. The second-order valence-electron chi connectivity index (χ2n) is 6.87. The zero-order valence-corrected chi connectivity index (χ0v) is 14.0. The van der Waals surface area contributed by atoms with Crippen LogP contribution >= 0.6 is 11.3 Å². The number of piperidine rings is 1. The lowest BCUT2D eigenvalue weighted by atomic mass is 9.61. The number of hydrogen-bond acceptors (Lipinski definition) is 4. The van der Waals surface area contributed by atoms with E-state index >= 15 is 0 Å². The highest BCUT2D eigenvalue weighted by molar-refractivity contribution is 7.18. The number of para-hydroxylation sites is 1. The van der Waals surface area contributed by atoms with Crippen molar-refractivity contribution in [2.45, 2.75) is 44.6 Å². The molecule has 2 heterocycles. The molecule has 1 unspecified atom stereocenters. The van der Waals surface area contributed by atoms with Crippen LogP contribution in [0.1, 0.15) is 37.1 Å².